The third kappa shape index (κ3) is 4.61. The lowest BCUT2D eigenvalue weighted by atomic mass is 9.84. The van der Waals surface area contributed by atoms with Gasteiger partial charge in [0.1, 0.15) is 12.5 Å². The average Bonchev–Trinajstić information content (AvgIpc) is 3.65. The van der Waals surface area contributed by atoms with Gasteiger partial charge in [-0.25, -0.2) is 4.39 Å². The number of hydrogen-bond donors (Lipinski definition) is 0. The molecule has 33 heavy (non-hydrogen) atoms. The number of hydrogen-bond acceptors (Lipinski definition) is 4. The summed E-state index contributed by atoms with van der Waals surface area (Å²) >= 11 is 6.55. The van der Waals surface area contributed by atoms with Gasteiger partial charge in [-0.1, -0.05) is 30.7 Å². The fourth-order valence-electron chi connectivity index (χ4n) is 4.77. The monoisotopic (exact) mass is 470 g/mol. The molecule has 1 aliphatic heterocycles. The lowest BCUT2D eigenvalue weighted by Crippen LogP contribution is -2.36. The maximum atomic E-state index is 14.3. The minimum atomic E-state index is -0.537. The number of alkyl halides is 1. The van der Waals surface area contributed by atoms with Crippen molar-refractivity contribution in [2.45, 2.75) is 46.0 Å². The van der Waals surface area contributed by atoms with Gasteiger partial charge in [0.15, 0.2) is 11.5 Å². The van der Waals surface area contributed by atoms with Crippen molar-refractivity contribution in [3.63, 3.8) is 0 Å². The number of ether oxygens (including phenoxy) is 2. The van der Waals surface area contributed by atoms with Gasteiger partial charge in [0.05, 0.1) is 31.6 Å². The van der Waals surface area contributed by atoms with Crippen molar-refractivity contribution < 1.29 is 13.9 Å². The Hall–Kier alpha value is -2.53. The summed E-state index contributed by atoms with van der Waals surface area (Å²) in [5, 5.41) is 0.662. The van der Waals surface area contributed by atoms with E-state index in [9.17, 15) is 4.39 Å². The second-order valence-electron chi connectivity index (χ2n) is 8.61. The van der Waals surface area contributed by atoms with Crippen LogP contribution in [0.4, 0.5) is 10.1 Å². The molecule has 2 aromatic carbocycles. The van der Waals surface area contributed by atoms with E-state index in [4.69, 9.17) is 26.1 Å². The van der Waals surface area contributed by atoms with Crippen molar-refractivity contribution in [1.82, 2.24) is 0 Å². The smallest absolute Gasteiger partial charge is 0.164 e. The van der Waals surface area contributed by atoms with Gasteiger partial charge in [-0.15, -0.1) is 0 Å². The first kappa shape index (κ1) is 23.6. The summed E-state index contributed by atoms with van der Waals surface area (Å²) in [4.78, 5) is 6.77. The Balaban J connectivity index is 1.93. The number of amidine groups is 1. The molecule has 1 fully saturated rings. The first-order chi connectivity index (χ1) is 16.0. The highest BCUT2D eigenvalue weighted by Gasteiger charge is 2.39. The van der Waals surface area contributed by atoms with Gasteiger partial charge < -0.3 is 9.47 Å². The van der Waals surface area contributed by atoms with Gasteiger partial charge in [0.2, 0.25) is 0 Å². The standard InChI is InChI=1S/C27H32ClFN2O2/c1-5-25-30-16-17(3)23(15-29)31(25)22-13-12-19(28)14-21(22)26(18-10-11-18)20-8-7-9-24(32-4)27(20)33-6-2/h7-9,12-14,18,26H,5-6,10-11,15-16H2,1-4H3. The Morgan fingerprint density at radius 2 is 1.97 bits per heavy atom. The second kappa shape index (κ2) is 10.2. The number of rotatable bonds is 9. The van der Waals surface area contributed by atoms with Gasteiger partial charge in [0.25, 0.3) is 0 Å². The zero-order valence-electron chi connectivity index (χ0n) is 19.8. The minimum Gasteiger partial charge on any atom is -0.493 e. The molecule has 1 heterocycles. The summed E-state index contributed by atoms with van der Waals surface area (Å²) in [5.74, 6) is 2.88. The number of halogens is 2. The highest BCUT2D eigenvalue weighted by Crippen LogP contribution is 2.53. The first-order valence-corrected chi connectivity index (χ1v) is 12.1. The molecule has 0 saturated heterocycles. The molecule has 6 heteroatoms. The summed E-state index contributed by atoms with van der Waals surface area (Å²) in [7, 11) is 1.66. The minimum absolute atomic E-state index is 0.0524. The number of allylic oxidation sites excluding steroid dienone is 1. The van der Waals surface area contributed by atoms with E-state index < -0.39 is 6.67 Å². The van der Waals surface area contributed by atoms with E-state index in [0.29, 0.717) is 29.8 Å². The topological polar surface area (TPSA) is 34.1 Å². The molecule has 4 rings (SSSR count). The number of nitrogens with zero attached hydrogens (tertiary/aromatic N) is 2. The Kier molecular flexibility index (Phi) is 7.28. The zero-order chi connectivity index (χ0) is 23.5. The van der Waals surface area contributed by atoms with E-state index >= 15 is 0 Å². The molecule has 2 aromatic rings. The molecule has 1 unspecified atom stereocenters. The van der Waals surface area contributed by atoms with Crippen LogP contribution in [0.2, 0.25) is 5.02 Å². The Labute approximate surface area is 201 Å². The summed E-state index contributed by atoms with van der Waals surface area (Å²) in [6.45, 7) is 6.54. The Morgan fingerprint density at radius 3 is 2.61 bits per heavy atom. The predicted octanol–water partition coefficient (Wildman–Crippen LogP) is 7.16. The van der Waals surface area contributed by atoms with Gasteiger partial charge in [0, 0.05) is 22.9 Å². The van der Waals surface area contributed by atoms with E-state index in [0.717, 1.165) is 59.0 Å². The Morgan fingerprint density at radius 1 is 1.18 bits per heavy atom. The number of benzene rings is 2. The molecule has 0 aromatic heterocycles. The third-order valence-electron chi connectivity index (χ3n) is 6.47. The van der Waals surface area contributed by atoms with Crippen LogP contribution in [-0.2, 0) is 0 Å². The number of anilines is 1. The van der Waals surface area contributed by atoms with Gasteiger partial charge in [-0.3, -0.25) is 9.89 Å². The fourth-order valence-corrected chi connectivity index (χ4v) is 4.95. The fraction of sp³-hybridized carbons (Fsp3) is 0.444. The zero-order valence-corrected chi connectivity index (χ0v) is 20.6. The van der Waals surface area contributed by atoms with Crippen LogP contribution in [0.25, 0.3) is 0 Å². The van der Waals surface area contributed by atoms with E-state index in [1.165, 1.54) is 0 Å². The van der Waals surface area contributed by atoms with Crippen molar-refractivity contribution in [2.75, 3.05) is 31.8 Å². The quantitative estimate of drug-likeness (QED) is 0.390. The number of para-hydroxylation sites is 1. The van der Waals surface area contributed by atoms with Crippen LogP contribution in [0.5, 0.6) is 11.5 Å². The second-order valence-corrected chi connectivity index (χ2v) is 9.05. The van der Waals surface area contributed by atoms with E-state index in [2.05, 4.69) is 13.0 Å². The molecule has 0 radical (unpaired) electrons. The molecule has 176 valence electrons. The van der Waals surface area contributed by atoms with Gasteiger partial charge in [-0.05, 0) is 68.0 Å². The predicted molar refractivity (Wildman–Crippen MR) is 134 cm³/mol. The molecule has 0 bridgehead atoms. The molecule has 1 atom stereocenters. The van der Waals surface area contributed by atoms with Crippen molar-refractivity contribution in [3.8, 4) is 11.5 Å². The van der Waals surface area contributed by atoms with Crippen molar-refractivity contribution in [2.24, 2.45) is 10.9 Å². The van der Waals surface area contributed by atoms with Gasteiger partial charge >= 0.3 is 0 Å². The summed E-state index contributed by atoms with van der Waals surface area (Å²) < 4.78 is 26.1. The molecule has 0 N–H and O–H groups in total. The van der Waals surface area contributed by atoms with Crippen LogP contribution in [0.1, 0.15) is 57.1 Å². The lowest BCUT2D eigenvalue weighted by molar-refractivity contribution is 0.305. The van der Waals surface area contributed by atoms with Crippen LogP contribution in [0.15, 0.2) is 52.7 Å². The summed E-state index contributed by atoms with van der Waals surface area (Å²) in [6, 6.07) is 12.0. The normalized spacial score (nSPS) is 17.2. The SMILES string of the molecule is CCOc1c(OC)cccc1C(c1cc(Cl)ccc1N1C(CC)=NCC(C)=C1CF)C1CC1. The van der Waals surface area contributed by atoms with Crippen LogP contribution >= 0.6 is 11.6 Å². The third-order valence-corrected chi connectivity index (χ3v) is 6.71. The van der Waals surface area contributed by atoms with Gasteiger partial charge in [-0.2, -0.15) is 0 Å². The summed E-state index contributed by atoms with van der Waals surface area (Å²) in [6.07, 6.45) is 2.97. The summed E-state index contributed by atoms with van der Waals surface area (Å²) in [5.41, 5.74) is 4.72. The molecule has 0 amide bonds. The molecule has 1 saturated carbocycles. The first-order valence-electron chi connectivity index (χ1n) is 11.7. The molecule has 2 aliphatic rings. The Bertz CT molecular complexity index is 1080. The van der Waals surface area contributed by atoms with Crippen LogP contribution in [0, 0.1) is 5.92 Å². The molecule has 1 aliphatic carbocycles. The van der Waals surface area contributed by atoms with Crippen LogP contribution in [-0.4, -0.2) is 32.8 Å². The van der Waals surface area contributed by atoms with E-state index in [1.807, 2.05) is 49.1 Å². The van der Waals surface area contributed by atoms with Crippen molar-refractivity contribution >= 4 is 23.1 Å². The van der Waals surface area contributed by atoms with Crippen LogP contribution < -0.4 is 14.4 Å². The highest BCUT2D eigenvalue weighted by atomic mass is 35.5. The van der Waals surface area contributed by atoms with E-state index in [-0.39, 0.29) is 5.92 Å². The number of methoxy groups -OCH3 is 1. The maximum Gasteiger partial charge on any atom is 0.164 e. The maximum absolute atomic E-state index is 14.3. The highest BCUT2D eigenvalue weighted by molar-refractivity contribution is 6.30. The van der Waals surface area contributed by atoms with Crippen molar-refractivity contribution in [3.05, 3.63) is 63.8 Å². The lowest BCUT2D eigenvalue weighted by Gasteiger charge is -2.35. The van der Waals surface area contributed by atoms with Crippen molar-refractivity contribution in [1.29, 1.82) is 0 Å². The molecule has 0 spiro atoms. The average molecular weight is 471 g/mol. The molecular weight excluding hydrogens is 439 g/mol. The molecule has 4 nitrogen and oxygen atoms in total. The number of aliphatic imine (C=N–C) groups is 1. The van der Waals surface area contributed by atoms with E-state index in [1.54, 1.807) is 7.11 Å². The van der Waals surface area contributed by atoms with Crippen LogP contribution in [0.3, 0.4) is 0 Å². The largest absolute Gasteiger partial charge is 0.493 e. The molecular formula is C27H32ClFN2O2.